The number of hydrogen-bond donors (Lipinski definition) is 1. The van der Waals surface area contributed by atoms with Gasteiger partial charge in [-0.1, -0.05) is 25.4 Å². The molecule has 0 aliphatic carbocycles. The maximum Gasteiger partial charge on any atom is 0.255 e. The van der Waals surface area contributed by atoms with Gasteiger partial charge < -0.3 is 9.73 Å². The third-order valence-electron chi connectivity index (χ3n) is 3.15. The van der Waals surface area contributed by atoms with Crippen LogP contribution >= 0.6 is 11.6 Å². The van der Waals surface area contributed by atoms with Crippen LogP contribution in [0.1, 0.15) is 36.0 Å². The first-order chi connectivity index (χ1) is 10.5. The highest BCUT2D eigenvalue weighted by Crippen LogP contribution is 2.24. The van der Waals surface area contributed by atoms with E-state index in [1.54, 1.807) is 18.2 Å². The number of nitrogens with one attached hydrogen (secondary N) is 1. The minimum absolute atomic E-state index is 0.212. The van der Waals surface area contributed by atoms with Crippen molar-refractivity contribution >= 4 is 34.3 Å². The van der Waals surface area contributed by atoms with Gasteiger partial charge in [0.2, 0.25) is 0 Å². The van der Waals surface area contributed by atoms with Crippen LogP contribution in [0.4, 0.5) is 5.69 Å². The molecule has 3 rings (SSSR count). The molecule has 3 aromatic rings. The van der Waals surface area contributed by atoms with Crippen LogP contribution in [0.15, 0.2) is 40.9 Å². The Hall–Kier alpha value is -2.40. The SMILES string of the molecule is CC(C)c1nc2ccc(NC(=O)c3ccnc(Cl)c3)cc2o1. The van der Waals surface area contributed by atoms with Crippen molar-refractivity contribution in [2.75, 3.05) is 5.32 Å². The standard InChI is InChI=1S/C16H14ClN3O2/c1-9(2)16-20-12-4-3-11(8-13(12)22-16)19-15(21)10-5-6-18-14(17)7-10/h3-9H,1-2H3,(H,19,21). The molecule has 1 amide bonds. The zero-order chi connectivity index (χ0) is 15.7. The molecule has 0 unspecified atom stereocenters. The van der Waals surface area contributed by atoms with Crippen LogP contribution in [0.5, 0.6) is 0 Å². The Kier molecular flexibility index (Phi) is 3.81. The summed E-state index contributed by atoms with van der Waals surface area (Å²) in [6.45, 7) is 4.03. The molecule has 0 bridgehead atoms. The molecule has 112 valence electrons. The van der Waals surface area contributed by atoms with Crippen LogP contribution in [0.25, 0.3) is 11.1 Å². The van der Waals surface area contributed by atoms with Gasteiger partial charge in [0.15, 0.2) is 11.5 Å². The number of hydrogen-bond acceptors (Lipinski definition) is 4. The van der Waals surface area contributed by atoms with Crippen LogP contribution in [0.3, 0.4) is 0 Å². The average molecular weight is 316 g/mol. The van der Waals surface area contributed by atoms with Gasteiger partial charge in [-0.15, -0.1) is 0 Å². The summed E-state index contributed by atoms with van der Waals surface area (Å²) in [5.41, 5.74) is 2.50. The predicted molar refractivity (Wildman–Crippen MR) is 85.3 cm³/mol. The lowest BCUT2D eigenvalue weighted by Gasteiger charge is -2.04. The Balaban J connectivity index is 1.86. The molecule has 6 heteroatoms. The number of nitrogens with zero attached hydrogens (tertiary/aromatic N) is 2. The molecule has 22 heavy (non-hydrogen) atoms. The summed E-state index contributed by atoms with van der Waals surface area (Å²) in [6, 6.07) is 8.48. The minimum Gasteiger partial charge on any atom is -0.440 e. The summed E-state index contributed by atoms with van der Waals surface area (Å²) in [7, 11) is 0. The molecule has 0 radical (unpaired) electrons. The monoisotopic (exact) mass is 315 g/mol. The highest BCUT2D eigenvalue weighted by atomic mass is 35.5. The second-order valence-electron chi connectivity index (χ2n) is 5.21. The van der Waals surface area contributed by atoms with Crippen molar-refractivity contribution in [2.45, 2.75) is 19.8 Å². The summed E-state index contributed by atoms with van der Waals surface area (Å²) < 4.78 is 5.68. The zero-order valence-corrected chi connectivity index (χ0v) is 12.9. The lowest BCUT2D eigenvalue weighted by molar-refractivity contribution is 0.102. The normalized spacial score (nSPS) is 11.1. The average Bonchev–Trinajstić information content (AvgIpc) is 2.90. The van der Waals surface area contributed by atoms with Crippen molar-refractivity contribution in [1.29, 1.82) is 0 Å². The Labute approximate surface area is 132 Å². The highest BCUT2D eigenvalue weighted by molar-refractivity contribution is 6.29. The fraction of sp³-hybridized carbons (Fsp3) is 0.188. The van der Waals surface area contributed by atoms with Crippen molar-refractivity contribution in [3.63, 3.8) is 0 Å². The van der Waals surface area contributed by atoms with E-state index < -0.39 is 0 Å². The van der Waals surface area contributed by atoms with E-state index in [4.69, 9.17) is 16.0 Å². The third-order valence-corrected chi connectivity index (χ3v) is 3.35. The number of halogens is 1. The predicted octanol–water partition coefficient (Wildman–Crippen LogP) is 4.25. The maximum absolute atomic E-state index is 12.2. The first kappa shape index (κ1) is 14.5. The van der Waals surface area contributed by atoms with Crippen LogP contribution in [0, 0.1) is 0 Å². The first-order valence-corrected chi connectivity index (χ1v) is 7.24. The Morgan fingerprint density at radius 1 is 1.27 bits per heavy atom. The van der Waals surface area contributed by atoms with E-state index in [1.807, 2.05) is 19.9 Å². The largest absolute Gasteiger partial charge is 0.440 e. The number of oxazole rings is 1. The van der Waals surface area contributed by atoms with Crippen molar-refractivity contribution in [2.24, 2.45) is 0 Å². The molecule has 0 fully saturated rings. The van der Waals surface area contributed by atoms with E-state index in [0.29, 0.717) is 22.7 Å². The van der Waals surface area contributed by atoms with Gasteiger partial charge in [-0.2, -0.15) is 0 Å². The lowest BCUT2D eigenvalue weighted by atomic mass is 10.2. The fourth-order valence-electron chi connectivity index (χ4n) is 2.01. The summed E-state index contributed by atoms with van der Waals surface area (Å²) in [4.78, 5) is 20.4. The molecule has 0 saturated carbocycles. The van der Waals surface area contributed by atoms with Crippen molar-refractivity contribution in [1.82, 2.24) is 9.97 Å². The quantitative estimate of drug-likeness (QED) is 0.733. The lowest BCUT2D eigenvalue weighted by Crippen LogP contribution is -2.11. The number of pyridine rings is 1. The molecule has 0 atom stereocenters. The van der Waals surface area contributed by atoms with E-state index in [0.717, 1.165) is 5.52 Å². The second kappa shape index (κ2) is 5.77. The molecule has 1 aromatic carbocycles. The van der Waals surface area contributed by atoms with Gasteiger partial charge in [0.1, 0.15) is 10.7 Å². The van der Waals surface area contributed by atoms with Crippen molar-refractivity contribution in [3.05, 3.63) is 53.1 Å². The number of carbonyl (C=O) groups excluding carboxylic acids is 1. The number of rotatable bonds is 3. The molecule has 0 spiro atoms. The molecule has 0 saturated heterocycles. The van der Waals surface area contributed by atoms with Crippen LogP contribution in [-0.2, 0) is 0 Å². The number of carbonyl (C=O) groups is 1. The molecule has 0 aliphatic rings. The molecular weight excluding hydrogens is 302 g/mol. The van der Waals surface area contributed by atoms with Gasteiger partial charge in [0.25, 0.3) is 5.91 Å². The van der Waals surface area contributed by atoms with Crippen LogP contribution in [0.2, 0.25) is 5.15 Å². The molecule has 2 aromatic heterocycles. The second-order valence-corrected chi connectivity index (χ2v) is 5.60. The van der Waals surface area contributed by atoms with Gasteiger partial charge >= 0.3 is 0 Å². The Morgan fingerprint density at radius 2 is 2.09 bits per heavy atom. The third kappa shape index (κ3) is 2.94. The number of aromatic nitrogens is 2. The highest BCUT2D eigenvalue weighted by Gasteiger charge is 2.11. The summed E-state index contributed by atoms with van der Waals surface area (Å²) >= 11 is 5.79. The van der Waals surface area contributed by atoms with Crippen molar-refractivity contribution in [3.8, 4) is 0 Å². The Bertz CT molecular complexity index is 842. The number of amides is 1. The van der Waals surface area contributed by atoms with Gasteiger partial charge in [0.05, 0.1) is 0 Å². The van der Waals surface area contributed by atoms with Gasteiger partial charge in [-0.25, -0.2) is 9.97 Å². The smallest absolute Gasteiger partial charge is 0.255 e. The van der Waals surface area contributed by atoms with Crippen molar-refractivity contribution < 1.29 is 9.21 Å². The molecule has 0 aliphatic heterocycles. The van der Waals surface area contributed by atoms with Crippen LogP contribution < -0.4 is 5.32 Å². The summed E-state index contributed by atoms with van der Waals surface area (Å²) in [5, 5.41) is 3.08. The van der Waals surface area contributed by atoms with E-state index in [9.17, 15) is 4.79 Å². The summed E-state index contributed by atoms with van der Waals surface area (Å²) in [6.07, 6.45) is 1.49. The maximum atomic E-state index is 12.2. The minimum atomic E-state index is -0.257. The Morgan fingerprint density at radius 3 is 2.82 bits per heavy atom. The fourth-order valence-corrected chi connectivity index (χ4v) is 2.19. The number of anilines is 1. The summed E-state index contributed by atoms with van der Waals surface area (Å²) in [5.74, 6) is 0.635. The topological polar surface area (TPSA) is 68.0 Å². The zero-order valence-electron chi connectivity index (χ0n) is 12.1. The van der Waals surface area contributed by atoms with Gasteiger partial charge in [0, 0.05) is 29.4 Å². The van der Waals surface area contributed by atoms with Gasteiger partial charge in [-0.05, 0) is 24.3 Å². The number of fused-ring (bicyclic) bond motifs is 1. The van der Waals surface area contributed by atoms with E-state index in [-0.39, 0.29) is 17.0 Å². The van der Waals surface area contributed by atoms with E-state index in [1.165, 1.54) is 12.3 Å². The molecule has 5 nitrogen and oxygen atoms in total. The number of benzene rings is 1. The molecular formula is C16H14ClN3O2. The first-order valence-electron chi connectivity index (χ1n) is 6.86. The molecule has 2 heterocycles. The molecule has 1 N–H and O–H groups in total. The van der Waals surface area contributed by atoms with Gasteiger partial charge in [-0.3, -0.25) is 4.79 Å². The van der Waals surface area contributed by atoms with E-state index in [2.05, 4.69) is 15.3 Å². The van der Waals surface area contributed by atoms with E-state index >= 15 is 0 Å². The van der Waals surface area contributed by atoms with Crippen LogP contribution in [-0.4, -0.2) is 15.9 Å².